The summed E-state index contributed by atoms with van der Waals surface area (Å²) >= 11 is 4.79. The quantitative estimate of drug-likeness (QED) is 0.774. The van der Waals surface area contributed by atoms with Crippen LogP contribution >= 0.6 is 27.7 Å². The third kappa shape index (κ3) is 4.11. The minimum atomic E-state index is -1.15. The number of carbonyl (C=O) groups is 2. The Morgan fingerprint density at radius 1 is 1.09 bits per heavy atom. The molecule has 114 valence electrons. The first-order valence-corrected chi connectivity index (χ1v) is 8.10. The Morgan fingerprint density at radius 2 is 1.73 bits per heavy atom. The number of halogens is 1. The summed E-state index contributed by atoms with van der Waals surface area (Å²) in [4.78, 5) is 24.9. The Morgan fingerprint density at radius 3 is 2.32 bits per heavy atom. The van der Waals surface area contributed by atoms with Crippen LogP contribution in [0.2, 0.25) is 0 Å². The maximum atomic E-state index is 11.8. The van der Waals surface area contributed by atoms with Crippen LogP contribution in [0.1, 0.15) is 27.6 Å². The van der Waals surface area contributed by atoms with Crippen LogP contribution in [-0.2, 0) is 4.74 Å². The van der Waals surface area contributed by atoms with Crippen molar-refractivity contribution in [1.82, 2.24) is 0 Å². The van der Waals surface area contributed by atoms with Crippen LogP contribution in [0.5, 0.6) is 0 Å². The van der Waals surface area contributed by atoms with E-state index >= 15 is 0 Å². The summed E-state index contributed by atoms with van der Waals surface area (Å²) in [6, 6.07) is 12.4. The summed E-state index contributed by atoms with van der Waals surface area (Å²) in [5.41, 5.74) is 0.00932. The van der Waals surface area contributed by atoms with Crippen molar-refractivity contribution in [2.24, 2.45) is 0 Å². The lowest BCUT2D eigenvalue weighted by Gasteiger charge is -2.08. The van der Waals surface area contributed by atoms with Crippen LogP contribution in [0.3, 0.4) is 0 Å². The maximum absolute atomic E-state index is 11.8. The molecule has 0 aliphatic rings. The summed E-state index contributed by atoms with van der Waals surface area (Å²) in [7, 11) is 0. The summed E-state index contributed by atoms with van der Waals surface area (Å²) in [6.45, 7) is 1.88. The van der Waals surface area contributed by atoms with Gasteiger partial charge in [0.1, 0.15) is 0 Å². The Hall–Kier alpha value is -1.79. The van der Waals surface area contributed by atoms with Gasteiger partial charge in [-0.1, -0.05) is 27.7 Å². The molecule has 2 aromatic rings. The number of hydrogen-bond acceptors (Lipinski definition) is 4. The predicted octanol–water partition coefficient (Wildman–Crippen LogP) is 4.48. The van der Waals surface area contributed by atoms with E-state index < -0.39 is 11.9 Å². The largest absolute Gasteiger partial charge is 0.478 e. The first kappa shape index (κ1) is 16.6. The van der Waals surface area contributed by atoms with Crippen LogP contribution in [0, 0.1) is 0 Å². The Balaban J connectivity index is 2.31. The van der Waals surface area contributed by atoms with Gasteiger partial charge in [-0.2, -0.15) is 0 Å². The minimum Gasteiger partial charge on any atom is -0.478 e. The average Bonchev–Trinajstić information content (AvgIpc) is 2.49. The highest BCUT2D eigenvalue weighted by Crippen LogP contribution is 2.30. The molecule has 0 aliphatic heterocycles. The second-order valence-corrected chi connectivity index (χ2v) is 6.35. The number of carbonyl (C=O) groups excluding carboxylic acids is 1. The fourth-order valence-electron chi connectivity index (χ4n) is 1.79. The molecule has 0 heterocycles. The highest BCUT2D eigenvalue weighted by Gasteiger charge is 2.18. The number of benzene rings is 2. The number of esters is 1. The summed E-state index contributed by atoms with van der Waals surface area (Å²) < 4.78 is 5.85. The van der Waals surface area contributed by atoms with Gasteiger partial charge in [-0.3, -0.25) is 0 Å². The molecule has 2 aromatic carbocycles. The summed E-state index contributed by atoms with van der Waals surface area (Å²) in [6.07, 6.45) is 0. The van der Waals surface area contributed by atoms with E-state index in [1.165, 1.54) is 23.9 Å². The first-order valence-electron chi connectivity index (χ1n) is 6.49. The molecule has 4 nitrogen and oxygen atoms in total. The van der Waals surface area contributed by atoms with E-state index in [0.717, 1.165) is 14.3 Å². The molecule has 0 saturated carbocycles. The van der Waals surface area contributed by atoms with Gasteiger partial charge in [0.15, 0.2) is 0 Å². The lowest BCUT2D eigenvalue weighted by molar-refractivity contribution is 0.0514. The van der Waals surface area contributed by atoms with Crippen molar-refractivity contribution < 1.29 is 19.4 Å². The highest BCUT2D eigenvalue weighted by molar-refractivity contribution is 9.10. The number of rotatable bonds is 5. The molecule has 0 aromatic heterocycles. The van der Waals surface area contributed by atoms with Gasteiger partial charge in [0, 0.05) is 14.3 Å². The molecule has 0 amide bonds. The summed E-state index contributed by atoms with van der Waals surface area (Å²) in [5.74, 6) is -1.78. The van der Waals surface area contributed by atoms with E-state index in [0.29, 0.717) is 0 Å². The Kier molecular flexibility index (Phi) is 5.63. The van der Waals surface area contributed by atoms with Gasteiger partial charge in [-0.15, -0.1) is 0 Å². The van der Waals surface area contributed by atoms with Crippen molar-refractivity contribution in [3.05, 3.63) is 58.1 Å². The zero-order chi connectivity index (χ0) is 16.1. The smallest absolute Gasteiger partial charge is 0.338 e. The van der Waals surface area contributed by atoms with Crippen molar-refractivity contribution in [2.45, 2.75) is 16.7 Å². The molecular formula is C16H13BrO4S. The molecule has 2 rings (SSSR count). The fourth-order valence-corrected chi connectivity index (χ4v) is 2.91. The number of hydrogen-bond donors (Lipinski definition) is 1. The van der Waals surface area contributed by atoms with Crippen molar-refractivity contribution in [3.63, 3.8) is 0 Å². The lowest BCUT2D eigenvalue weighted by Crippen LogP contribution is -2.11. The fraction of sp³-hybridized carbons (Fsp3) is 0.125. The molecule has 0 aliphatic carbocycles. The molecule has 0 fully saturated rings. The molecule has 0 radical (unpaired) electrons. The molecule has 0 saturated heterocycles. The monoisotopic (exact) mass is 380 g/mol. The molecule has 0 unspecified atom stereocenters. The minimum absolute atomic E-state index is 0.0550. The van der Waals surface area contributed by atoms with Crippen LogP contribution in [-0.4, -0.2) is 23.7 Å². The SMILES string of the molecule is CCOC(=O)c1ccc(Sc2ccc(Br)cc2)cc1C(=O)O. The second-order valence-electron chi connectivity index (χ2n) is 4.29. The number of carboxylic acid groups (broad SMARTS) is 1. The van der Waals surface area contributed by atoms with Gasteiger partial charge in [-0.05, 0) is 49.4 Å². The second kappa shape index (κ2) is 7.47. The topological polar surface area (TPSA) is 63.6 Å². The van der Waals surface area contributed by atoms with E-state index in [-0.39, 0.29) is 17.7 Å². The van der Waals surface area contributed by atoms with E-state index in [4.69, 9.17) is 4.74 Å². The molecular weight excluding hydrogens is 368 g/mol. The van der Waals surface area contributed by atoms with Gasteiger partial charge >= 0.3 is 11.9 Å². The average molecular weight is 381 g/mol. The van der Waals surface area contributed by atoms with E-state index in [1.54, 1.807) is 13.0 Å². The molecule has 0 bridgehead atoms. The number of carboxylic acids is 1. The predicted molar refractivity (Wildman–Crippen MR) is 87.6 cm³/mol. The van der Waals surface area contributed by atoms with Gasteiger partial charge in [-0.25, -0.2) is 9.59 Å². The number of ether oxygens (including phenoxy) is 1. The van der Waals surface area contributed by atoms with Crippen LogP contribution in [0.25, 0.3) is 0 Å². The zero-order valence-electron chi connectivity index (χ0n) is 11.7. The first-order chi connectivity index (χ1) is 10.5. The molecule has 22 heavy (non-hydrogen) atoms. The van der Waals surface area contributed by atoms with Crippen LogP contribution in [0.4, 0.5) is 0 Å². The third-order valence-corrected chi connectivity index (χ3v) is 4.29. The van der Waals surface area contributed by atoms with Gasteiger partial charge in [0.2, 0.25) is 0 Å². The van der Waals surface area contributed by atoms with Crippen LogP contribution in [0.15, 0.2) is 56.7 Å². The molecule has 6 heteroatoms. The zero-order valence-corrected chi connectivity index (χ0v) is 14.1. The van der Waals surface area contributed by atoms with Gasteiger partial charge in [0.05, 0.1) is 17.7 Å². The van der Waals surface area contributed by atoms with Crippen molar-refractivity contribution >= 4 is 39.6 Å². The lowest BCUT2D eigenvalue weighted by atomic mass is 10.1. The summed E-state index contributed by atoms with van der Waals surface area (Å²) in [5, 5.41) is 9.29. The number of aromatic carboxylic acids is 1. The standard InChI is InChI=1S/C16H13BrO4S/c1-2-21-16(20)13-8-7-12(9-14(13)15(18)19)22-11-5-3-10(17)4-6-11/h3-9H,2H2,1H3,(H,18,19). The Labute approximate surface area is 140 Å². The van der Waals surface area contributed by atoms with E-state index in [2.05, 4.69) is 15.9 Å². The third-order valence-electron chi connectivity index (χ3n) is 2.77. The van der Waals surface area contributed by atoms with Gasteiger partial charge < -0.3 is 9.84 Å². The van der Waals surface area contributed by atoms with E-state index in [1.807, 2.05) is 24.3 Å². The molecule has 0 atom stereocenters. The van der Waals surface area contributed by atoms with Gasteiger partial charge in [0.25, 0.3) is 0 Å². The van der Waals surface area contributed by atoms with Crippen LogP contribution < -0.4 is 0 Å². The normalized spacial score (nSPS) is 10.3. The maximum Gasteiger partial charge on any atom is 0.338 e. The van der Waals surface area contributed by atoms with Crippen molar-refractivity contribution in [3.8, 4) is 0 Å². The van der Waals surface area contributed by atoms with Crippen molar-refractivity contribution in [2.75, 3.05) is 6.61 Å². The highest BCUT2D eigenvalue weighted by atomic mass is 79.9. The molecule has 1 N–H and O–H groups in total. The molecule has 0 spiro atoms. The van der Waals surface area contributed by atoms with E-state index in [9.17, 15) is 14.7 Å². The Bertz CT molecular complexity index is 698. The van der Waals surface area contributed by atoms with Crippen molar-refractivity contribution in [1.29, 1.82) is 0 Å².